The molecule has 0 bridgehead atoms. The predicted molar refractivity (Wildman–Crippen MR) is 120 cm³/mol. The van der Waals surface area contributed by atoms with Gasteiger partial charge in [0.25, 0.3) is 11.7 Å². The molecule has 1 aliphatic rings. The lowest BCUT2D eigenvalue weighted by atomic mass is 9.93. The van der Waals surface area contributed by atoms with Crippen LogP contribution < -0.4 is 4.74 Å². The fourth-order valence-electron chi connectivity index (χ4n) is 4.01. The monoisotopic (exact) mass is 431 g/mol. The average molecular weight is 431 g/mol. The van der Waals surface area contributed by atoms with Crippen LogP contribution in [-0.4, -0.2) is 28.8 Å². The third-order valence-corrected chi connectivity index (χ3v) is 5.73. The molecule has 6 nitrogen and oxygen atoms in total. The standard InChI is InChI=1S/C26H25NO5/c1-16(2)17-10-12-18(13-11-17)23-22(24(28)20-8-4-5-9-21(20)31-3)25(29)26(30)27(23)15-19-7-6-14-32-19/h4-14,16,23,28H,15H2,1-3H3/b24-22-. The Morgan fingerprint density at radius 3 is 2.41 bits per heavy atom. The largest absolute Gasteiger partial charge is 0.507 e. The number of methoxy groups -OCH3 is 1. The molecule has 0 radical (unpaired) electrons. The van der Waals surface area contributed by atoms with E-state index in [2.05, 4.69) is 13.8 Å². The van der Waals surface area contributed by atoms with Crippen molar-refractivity contribution in [1.29, 1.82) is 0 Å². The number of carbonyl (C=O) groups excluding carboxylic acids is 2. The van der Waals surface area contributed by atoms with E-state index in [9.17, 15) is 14.7 Å². The van der Waals surface area contributed by atoms with E-state index in [0.29, 0.717) is 23.0 Å². The molecular formula is C26H25NO5. The second-order valence-electron chi connectivity index (χ2n) is 8.03. The zero-order valence-electron chi connectivity index (χ0n) is 18.2. The van der Waals surface area contributed by atoms with Crippen molar-refractivity contribution in [2.45, 2.75) is 32.4 Å². The van der Waals surface area contributed by atoms with Crippen LogP contribution in [-0.2, 0) is 16.1 Å². The van der Waals surface area contributed by atoms with E-state index in [1.165, 1.54) is 18.3 Å². The molecule has 0 saturated carbocycles. The second-order valence-corrected chi connectivity index (χ2v) is 8.03. The summed E-state index contributed by atoms with van der Waals surface area (Å²) in [4.78, 5) is 27.6. The first-order valence-electron chi connectivity index (χ1n) is 10.5. The van der Waals surface area contributed by atoms with Crippen LogP contribution in [0.15, 0.2) is 76.9 Å². The Labute approximate surface area is 186 Å². The van der Waals surface area contributed by atoms with Crippen LogP contribution in [0.3, 0.4) is 0 Å². The van der Waals surface area contributed by atoms with Crippen molar-refractivity contribution in [2.24, 2.45) is 0 Å². The second kappa shape index (κ2) is 8.75. The molecule has 2 aromatic carbocycles. The van der Waals surface area contributed by atoms with Gasteiger partial charge in [-0.25, -0.2) is 0 Å². The van der Waals surface area contributed by atoms with Gasteiger partial charge in [-0.2, -0.15) is 0 Å². The Hall–Kier alpha value is -3.80. The number of hydrogen-bond donors (Lipinski definition) is 1. The maximum atomic E-state index is 13.1. The molecule has 1 unspecified atom stereocenters. The number of amides is 1. The van der Waals surface area contributed by atoms with Crippen molar-refractivity contribution in [2.75, 3.05) is 7.11 Å². The van der Waals surface area contributed by atoms with Gasteiger partial charge in [0.2, 0.25) is 0 Å². The van der Waals surface area contributed by atoms with Gasteiger partial charge in [-0.05, 0) is 41.3 Å². The number of ether oxygens (including phenoxy) is 1. The highest BCUT2D eigenvalue weighted by Gasteiger charge is 2.46. The molecule has 0 spiro atoms. The lowest BCUT2D eigenvalue weighted by Gasteiger charge is -2.25. The molecule has 1 N–H and O–H groups in total. The highest BCUT2D eigenvalue weighted by atomic mass is 16.5. The van der Waals surface area contributed by atoms with Crippen LogP contribution in [0.5, 0.6) is 5.75 Å². The van der Waals surface area contributed by atoms with Crippen LogP contribution in [0.25, 0.3) is 5.76 Å². The summed E-state index contributed by atoms with van der Waals surface area (Å²) >= 11 is 0. The number of aliphatic hydroxyl groups excluding tert-OH is 1. The van der Waals surface area contributed by atoms with Gasteiger partial charge in [-0.3, -0.25) is 9.59 Å². The SMILES string of the molecule is COc1ccccc1/C(O)=C1/C(=O)C(=O)N(Cc2ccco2)C1c1ccc(C(C)C)cc1. The number of aliphatic hydroxyl groups is 1. The molecule has 164 valence electrons. The third-order valence-electron chi connectivity index (χ3n) is 5.73. The van der Waals surface area contributed by atoms with E-state index < -0.39 is 17.7 Å². The normalized spacial score (nSPS) is 17.9. The lowest BCUT2D eigenvalue weighted by Crippen LogP contribution is -2.29. The lowest BCUT2D eigenvalue weighted by molar-refractivity contribution is -0.140. The minimum absolute atomic E-state index is 0.0309. The summed E-state index contributed by atoms with van der Waals surface area (Å²) in [7, 11) is 1.49. The Balaban J connectivity index is 1.88. The van der Waals surface area contributed by atoms with Gasteiger partial charge in [-0.15, -0.1) is 0 Å². The zero-order chi connectivity index (χ0) is 22.8. The van der Waals surface area contributed by atoms with Gasteiger partial charge in [0.15, 0.2) is 0 Å². The molecule has 1 atom stereocenters. The minimum Gasteiger partial charge on any atom is -0.507 e. The summed E-state index contributed by atoms with van der Waals surface area (Å²) in [6.45, 7) is 4.30. The quantitative estimate of drug-likeness (QED) is 0.336. The number of hydrogen-bond acceptors (Lipinski definition) is 5. The first kappa shape index (κ1) is 21.4. The number of carbonyl (C=O) groups is 2. The molecule has 4 rings (SSSR count). The first-order valence-corrected chi connectivity index (χ1v) is 10.5. The van der Waals surface area contributed by atoms with Gasteiger partial charge in [0.05, 0.1) is 37.1 Å². The van der Waals surface area contributed by atoms with Crippen LogP contribution in [0.4, 0.5) is 0 Å². The highest BCUT2D eigenvalue weighted by Crippen LogP contribution is 2.41. The zero-order valence-corrected chi connectivity index (χ0v) is 18.2. The number of likely N-dealkylation sites (tertiary alicyclic amines) is 1. The summed E-state index contributed by atoms with van der Waals surface area (Å²) in [6.07, 6.45) is 1.52. The summed E-state index contributed by atoms with van der Waals surface area (Å²) in [5, 5.41) is 11.2. The predicted octanol–water partition coefficient (Wildman–Crippen LogP) is 5.03. The number of ketones is 1. The Morgan fingerprint density at radius 2 is 1.78 bits per heavy atom. The number of benzene rings is 2. The fraction of sp³-hybridized carbons (Fsp3) is 0.231. The van der Waals surface area contributed by atoms with E-state index >= 15 is 0 Å². The van der Waals surface area contributed by atoms with Gasteiger partial charge in [0, 0.05) is 0 Å². The minimum atomic E-state index is -0.758. The number of para-hydroxylation sites is 1. The topological polar surface area (TPSA) is 80.0 Å². The molecule has 1 saturated heterocycles. The molecule has 0 aliphatic carbocycles. The van der Waals surface area contributed by atoms with Gasteiger partial charge in [0.1, 0.15) is 17.3 Å². The molecule has 1 aromatic heterocycles. The molecule has 1 aliphatic heterocycles. The maximum Gasteiger partial charge on any atom is 0.296 e. The highest BCUT2D eigenvalue weighted by molar-refractivity contribution is 6.46. The van der Waals surface area contributed by atoms with E-state index in [4.69, 9.17) is 9.15 Å². The average Bonchev–Trinajstić information content (AvgIpc) is 3.41. The van der Waals surface area contributed by atoms with E-state index in [1.807, 2.05) is 24.3 Å². The summed E-state index contributed by atoms with van der Waals surface area (Å²) in [5.74, 6) is -0.384. The molecular weight excluding hydrogens is 406 g/mol. The van der Waals surface area contributed by atoms with Crippen molar-refractivity contribution in [1.82, 2.24) is 4.90 Å². The van der Waals surface area contributed by atoms with E-state index in [1.54, 1.807) is 36.4 Å². The molecule has 1 fully saturated rings. The van der Waals surface area contributed by atoms with Crippen molar-refractivity contribution in [3.05, 3.63) is 95.0 Å². The van der Waals surface area contributed by atoms with Crippen LogP contribution in [0, 0.1) is 0 Å². The number of Topliss-reactive ketones (excluding diaryl/α,β-unsaturated/α-hetero) is 1. The van der Waals surface area contributed by atoms with Gasteiger partial charge in [-0.1, -0.05) is 50.2 Å². The summed E-state index contributed by atoms with van der Waals surface area (Å²) in [6, 6.07) is 17.3. The summed E-state index contributed by atoms with van der Waals surface area (Å²) in [5.41, 5.74) is 2.26. The Bertz CT molecular complexity index is 1160. The number of rotatable bonds is 6. The van der Waals surface area contributed by atoms with E-state index in [0.717, 1.165) is 11.1 Å². The van der Waals surface area contributed by atoms with Crippen LogP contribution >= 0.6 is 0 Å². The summed E-state index contributed by atoms with van der Waals surface area (Å²) < 4.78 is 10.8. The molecule has 2 heterocycles. The number of furan rings is 1. The first-order chi connectivity index (χ1) is 15.4. The molecule has 1 amide bonds. The van der Waals surface area contributed by atoms with Crippen molar-refractivity contribution in [3.63, 3.8) is 0 Å². The molecule has 6 heteroatoms. The van der Waals surface area contributed by atoms with Crippen molar-refractivity contribution < 1.29 is 23.8 Å². The van der Waals surface area contributed by atoms with Crippen LogP contribution in [0.2, 0.25) is 0 Å². The van der Waals surface area contributed by atoms with Gasteiger partial charge < -0.3 is 19.2 Å². The fourth-order valence-corrected chi connectivity index (χ4v) is 4.01. The Morgan fingerprint density at radius 1 is 1.06 bits per heavy atom. The smallest absolute Gasteiger partial charge is 0.296 e. The number of nitrogens with zero attached hydrogens (tertiary/aromatic N) is 1. The van der Waals surface area contributed by atoms with Crippen LogP contribution in [0.1, 0.15) is 48.3 Å². The van der Waals surface area contributed by atoms with Crippen molar-refractivity contribution in [3.8, 4) is 5.75 Å². The Kier molecular flexibility index (Phi) is 5.86. The molecule has 32 heavy (non-hydrogen) atoms. The van der Waals surface area contributed by atoms with Crippen molar-refractivity contribution >= 4 is 17.4 Å². The maximum absolute atomic E-state index is 13.1. The molecule has 3 aromatic rings. The third kappa shape index (κ3) is 3.80. The van der Waals surface area contributed by atoms with Gasteiger partial charge >= 0.3 is 0 Å². The van der Waals surface area contributed by atoms with E-state index in [-0.39, 0.29) is 17.9 Å².